The van der Waals surface area contributed by atoms with E-state index in [1.807, 2.05) is 0 Å². The molecule has 116 valence electrons. The predicted octanol–water partition coefficient (Wildman–Crippen LogP) is 1.60. The molecule has 0 aromatic heterocycles. The molecule has 0 heterocycles. The normalized spacial score (nSPS) is 10.7. The molecule has 0 saturated carbocycles. The van der Waals surface area contributed by atoms with Crippen molar-refractivity contribution in [1.82, 2.24) is 0 Å². The molecular formula is C15H20O6. The van der Waals surface area contributed by atoms with Crippen molar-refractivity contribution in [2.45, 2.75) is 13.3 Å². The third-order valence-corrected chi connectivity index (χ3v) is 3.28. The number of hydrogen-bond donors (Lipinski definition) is 0. The van der Waals surface area contributed by atoms with Crippen molar-refractivity contribution in [2.75, 3.05) is 28.4 Å². The molecule has 0 aliphatic rings. The maximum absolute atomic E-state index is 11.9. The molecule has 0 radical (unpaired) electrons. The Hall–Kier alpha value is -2.24. The first-order chi connectivity index (χ1) is 9.92. The van der Waals surface area contributed by atoms with E-state index in [2.05, 4.69) is 0 Å². The largest absolute Gasteiger partial charge is 0.493 e. The number of carbonyl (C=O) groups is 2. The van der Waals surface area contributed by atoms with Gasteiger partial charge in [0, 0.05) is 0 Å². The lowest BCUT2D eigenvalue weighted by atomic mass is 9.83. The molecule has 0 aliphatic carbocycles. The van der Waals surface area contributed by atoms with Crippen LogP contribution >= 0.6 is 0 Å². The first kappa shape index (κ1) is 16.8. The number of esters is 2. The summed E-state index contributed by atoms with van der Waals surface area (Å²) in [5.74, 6) is -0.209. The van der Waals surface area contributed by atoms with Crippen molar-refractivity contribution in [1.29, 1.82) is 0 Å². The van der Waals surface area contributed by atoms with E-state index < -0.39 is 17.4 Å². The quantitative estimate of drug-likeness (QED) is 0.586. The van der Waals surface area contributed by atoms with Crippen molar-refractivity contribution < 1.29 is 28.5 Å². The van der Waals surface area contributed by atoms with E-state index in [-0.39, 0.29) is 6.42 Å². The van der Waals surface area contributed by atoms with E-state index in [4.69, 9.17) is 18.9 Å². The second-order valence-corrected chi connectivity index (χ2v) is 4.68. The molecule has 0 fully saturated rings. The minimum atomic E-state index is -1.41. The predicted molar refractivity (Wildman–Crippen MR) is 75.4 cm³/mol. The SMILES string of the molecule is COC(=O)C(C)(Cc1ccc(OC)c(OC)c1)C(=O)OC. The molecule has 0 atom stereocenters. The van der Waals surface area contributed by atoms with Gasteiger partial charge in [-0.05, 0) is 31.0 Å². The van der Waals surface area contributed by atoms with Gasteiger partial charge >= 0.3 is 11.9 Å². The van der Waals surface area contributed by atoms with Gasteiger partial charge in [-0.1, -0.05) is 6.07 Å². The molecule has 6 heteroatoms. The van der Waals surface area contributed by atoms with Crippen LogP contribution in [0.2, 0.25) is 0 Å². The van der Waals surface area contributed by atoms with Gasteiger partial charge in [-0.2, -0.15) is 0 Å². The minimum Gasteiger partial charge on any atom is -0.493 e. The van der Waals surface area contributed by atoms with E-state index >= 15 is 0 Å². The number of hydrogen-bond acceptors (Lipinski definition) is 6. The molecule has 6 nitrogen and oxygen atoms in total. The molecule has 0 spiro atoms. The highest BCUT2D eigenvalue weighted by atomic mass is 16.5. The summed E-state index contributed by atoms with van der Waals surface area (Å²) in [6.07, 6.45) is 0.132. The molecule has 0 amide bonds. The minimum absolute atomic E-state index is 0.132. The standard InChI is InChI=1S/C15H20O6/c1-15(13(16)20-4,14(17)21-5)9-10-6-7-11(18-2)12(8-10)19-3/h6-8H,9H2,1-5H3. The zero-order chi connectivity index (χ0) is 16.0. The summed E-state index contributed by atoms with van der Waals surface area (Å²) < 4.78 is 19.8. The third-order valence-electron chi connectivity index (χ3n) is 3.28. The van der Waals surface area contributed by atoms with Crippen LogP contribution < -0.4 is 9.47 Å². The van der Waals surface area contributed by atoms with Gasteiger partial charge in [0.1, 0.15) is 0 Å². The maximum Gasteiger partial charge on any atom is 0.323 e. The fraction of sp³-hybridized carbons (Fsp3) is 0.467. The van der Waals surface area contributed by atoms with Crippen LogP contribution in [-0.2, 0) is 25.5 Å². The number of benzene rings is 1. The van der Waals surface area contributed by atoms with Gasteiger partial charge < -0.3 is 18.9 Å². The van der Waals surface area contributed by atoms with E-state index in [1.54, 1.807) is 18.2 Å². The Morgan fingerprint density at radius 1 is 0.952 bits per heavy atom. The van der Waals surface area contributed by atoms with Gasteiger partial charge in [0.05, 0.1) is 28.4 Å². The van der Waals surface area contributed by atoms with E-state index in [0.29, 0.717) is 11.5 Å². The summed E-state index contributed by atoms with van der Waals surface area (Å²) in [5, 5.41) is 0. The van der Waals surface area contributed by atoms with Gasteiger partial charge in [-0.15, -0.1) is 0 Å². The highest BCUT2D eigenvalue weighted by Gasteiger charge is 2.43. The van der Waals surface area contributed by atoms with E-state index in [1.165, 1.54) is 35.4 Å². The number of carbonyl (C=O) groups excluding carboxylic acids is 2. The average Bonchev–Trinajstić information content (AvgIpc) is 2.52. The average molecular weight is 296 g/mol. The maximum atomic E-state index is 11.9. The first-order valence-corrected chi connectivity index (χ1v) is 6.30. The Kier molecular flexibility index (Phi) is 5.58. The Morgan fingerprint density at radius 3 is 1.90 bits per heavy atom. The molecule has 0 bridgehead atoms. The number of rotatable bonds is 6. The van der Waals surface area contributed by atoms with Crippen LogP contribution in [0.15, 0.2) is 18.2 Å². The molecule has 0 saturated heterocycles. The smallest absolute Gasteiger partial charge is 0.323 e. The van der Waals surface area contributed by atoms with Crippen molar-refractivity contribution in [3.05, 3.63) is 23.8 Å². The second-order valence-electron chi connectivity index (χ2n) is 4.68. The molecule has 0 N–H and O–H groups in total. The lowest BCUT2D eigenvalue weighted by molar-refractivity contribution is -0.167. The summed E-state index contributed by atoms with van der Waals surface area (Å²) in [6, 6.07) is 5.18. The summed E-state index contributed by atoms with van der Waals surface area (Å²) in [4.78, 5) is 23.9. The summed E-state index contributed by atoms with van der Waals surface area (Å²) in [6.45, 7) is 1.49. The van der Waals surface area contributed by atoms with Crippen LogP contribution in [0.25, 0.3) is 0 Å². The van der Waals surface area contributed by atoms with Gasteiger partial charge in [0.15, 0.2) is 16.9 Å². The van der Waals surface area contributed by atoms with Gasteiger partial charge in [0.2, 0.25) is 0 Å². The highest BCUT2D eigenvalue weighted by Crippen LogP contribution is 2.32. The Morgan fingerprint density at radius 2 is 1.48 bits per heavy atom. The van der Waals surface area contributed by atoms with Crippen LogP contribution in [0, 0.1) is 5.41 Å². The van der Waals surface area contributed by atoms with Crippen molar-refractivity contribution in [3.8, 4) is 11.5 Å². The molecule has 0 unspecified atom stereocenters. The Balaban J connectivity index is 3.15. The second kappa shape index (κ2) is 6.97. The van der Waals surface area contributed by atoms with Crippen LogP contribution in [0.3, 0.4) is 0 Å². The molecule has 1 aromatic carbocycles. The van der Waals surface area contributed by atoms with Gasteiger partial charge in [-0.3, -0.25) is 9.59 Å². The van der Waals surface area contributed by atoms with Crippen LogP contribution in [-0.4, -0.2) is 40.4 Å². The molecule has 0 aliphatic heterocycles. The van der Waals surface area contributed by atoms with Crippen molar-refractivity contribution >= 4 is 11.9 Å². The molecule has 21 heavy (non-hydrogen) atoms. The fourth-order valence-corrected chi connectivity index (χ4v) is 2.08. The van der Waals surface area contributed by atoms with Crippen LogP contribution in [0.5, 0.6) is 11.5 Å². The van der Waals surface area contributed by atoms with Crippen LogP contribution in [0.1, 0.15) is 12.5 Å². The van der Waals surface area contributed by atoms with Gasteiger partial charge in [-0.25, -0.2) is 0 Å². The highest BCUT2D eigenvalue weighted by molar-refractivity contribution is 5.99. The summed E-state index contributed by atoms with van der Waals surface area (Å²) in [5.41, 5.74) is -0.686. The van der Waals surface area contributed by atoms with Gasteiger partial charge in [0.25, 0.3) is 0 Å². The van der Waals surface area contributed by atoms with Crippen LogP contribution in [0.4, 0.5) is 0 Å². The Bertz CT molecular complexity index is 507. The summed E-state index contributed by atoms with van der Waals surface area (Å²) >= 11 is 0. The zero-order valence-corrected chi connectivity index (χ0v) is 12.9. The topological polar surface area (TPSA) is 71.1 Å². The third kappa shape index (κ3) is 3.45. The monoisotopic (exact) mass is 296 g/mol. The number of methoxy groups -OCH3 is 4. The van der Waals surface area contributed by atoms with Crippen molar-refractivity contribution in [2.24, 2.45) is 5.41 Å². The first-order valence-electron chi connectivity index (χ1n) is 6.30. The molecular weight excluding hydrogens is 276 g/mol. The lowest BCUT2D eigenvalue weighted by Crippen LogP contribution is -2.40. The number of ether oxygens (including phenoxy) is 4. The Labute approximate surface area is 123 Å². The molecule has 1 aromatic rings. The van der Waals surface area contributed by atoms with E-state index in [0.717, 1.165) is 5.56 Å². The van der Waals surface area contributed by atoms with Crippen molar-refractivity contribution in [3.63, 3.8) is 0 Å². The fourth-order valence-electron chi connectivity index (χ4n) is 2.08. The lowest BCUT2D eigenvalue weighted by Gasteiger charge is -2.24. The van der Waals surface area contributed by atoms with E-state index in [9.17, 15) is 9.59 Å². The zero-order valence-electron chi connectivity index (χ0n) is 12.9. The summed E-state index contributed by atoms with van der Waals surface area (Å²) in [7, 11) is 5.52. The molecule has 1 rings (SSSR count).